The second kappa shape index (κ2) is 8.54. The molecule has 22 heavy (non-hydrogen) atoms. The predicted octanol–water partition coefficient (Wildman–Crippen LogP) is 3.80. The van der Waals surface area contributed by atoms with E-state index in [9.17, 15) is 4.79 Å². The number of amides is 1. The molecule has 1 fully saturated rings. The van der Waals surface area contributed by atoms with Gasteiger partial charge in [-0.1, -0.05) is 18.9 Å². The van der Waals surface area contributed by atoms with Crippen molar-refractivity contribution in [3.63, 3.8) is 0 Å². The van der Waals surface area contributed by atoms with Crippen LogP contribution in [0.5, 0.6) is 0 Å². The molecular formula is C18H27ClN2O. The molecule has 1 aromatic carbocycles. The third kappa shape index (κ3) is 4.72. The molecule has 0 spiro atoms. The molecule has 1 amide bonds. The summed E-state index contributed by atoms with van der Waals surface area (Å²) in [6.07, 6.45) is 9.47. The van der Waals surface area contributed by atoms with Crippen molar-refractivity contribution in [1.29, 1.82) is 0 Å². The summed E-state index contributed by atoms with van der Waals surface area (Å²) < 4.78 is 0. The van der Waals surface area contributed by atoms with Gasteiger partial charge in [-0.2, -0.15) is 0 Å². The number of anilines is 1. The second-order valence-electron chi connectivity index (χ2n) is 6.39. The number of carbonyl (C=O) groups excluding carboxylic acids is 1. The molecule has 0 unspecified atom stereocenters. The minimum absolute atomic E-state index is 0. The summed E-state index contributed by atoms with van der Waals surface area (Å²) in [4.78, 5) is 14.5. The fraction of sp³-hybridized carbons (Fsp3) is 0.611. The molecule has 0 atom stereocenters. The van der Waals surface area contributed by atoms with Gasteiger partial charge in [0.05, 0.1) is 0 Å². The van der Waals surface area contributed by atoms with Crippen LogP contribution in [0.4, 0.5) is 5.69 Å². The summed E-state index contributed by atoms with van der Waals surface area (Å²) in [5.74, 6) is 0.150. The van der Waals surface area contributed by atoms with E-state index in [1.165, 1.54) is 49.7 Å². The largest absolute Gasteiger partial charge is 0.326 e. The molecule has 1 N–H and O–H groups in total. The molecular weight excluding hydrogens is 296 g/mol. The van der Waals surface area contributed by atoms with Crippen LogP contribution in [0.3, 0.4) is 0 Å². The van der Waals surface area contributed by atoms with Crippen molar-refractivity contribution in [1.82, 2.24) is 4.90 Å². The number of likely N-dealkylation sites (tertiary alicyclic amines) is 1. The van der Waals surface area contributed by atoms with Crippen molar-refractivity contribution in [3.05, 3.63) is 29.3 Å². The van der Waals surface area contributed by atoms with Gasteiger partial charge in [0.2, 0.25) is 5.91 Å². The van der Waals surface area contributed by atoms with Gasteiger partial charge in [-0.3, -0.25) is 4.79 Å². The lowest BCUT2D eigenvalue weighted by Gasteiger charge is -2.19. The number of carbonyl (C=O) groups is 1. The van der Waals surface area contributed by atoms with Gasteiger partial charge in [0.1, 0.15) is 0 Å². The minimum Gasteiger partial charge on any atom is -0.326 e. The first-order valence-corrected chi connectivity index (χ1v) is 8.45. The summed E-state index contributed by atoms with van der Waals surface area (Å²) in [6.45, 7) is 3.22. The van der Waals surface area contributed by atoms with Crippen LogP contribution in [0.25, 0.3) is 0 Å². The lowest BCUT2D eigenvalue weighted by Crippen LogP contribution is -2.28. The van der Waals surface area contributed by atoms with Crippen LogP contribution in [0, 0.1) is 0 Å². The third-order valence-electron chi connectivity index (χ3n) is 4.74. The minimum atomic E-state index is 0. The standard InChI is InChI=1S/C18H26N2O.ClH/c21-18(10-13-20-11-3-1-2-4-12-20)19-17-9-8-15-6-5-7-16(15)14-17;/h8-9,14H,1-7,10-13H2,(H,19,21);1H. The molecule has 1 heterocycles. The zero-order valence-electron chi connectivity index (χ0n) is 13.3. The monoisotopic (exact) mass is 322 g/mol. The van der Waals surface area contributed by atoms with E-state index in [0.717, 1.165) is 31.7 Å². The topological polar surface area (TPSA) is 32.3 Å². The van der Waals surface area contributed by atoms with E-state index in [2.05, 4.69) is 22.3 Å². The average molecular weight is 323 g/mol. The molecule has 1 aliphatic heterocycles. The number of fused-ring (bicyclic) bond motifs is 1. The second-order valence-corrected chi connectivity index (χ2v) is 6.39. The molecule has 2 aliphatic rings. The summed E-state index contributed by atoms with van der Waals surface area (Å²) >= 11 is 0. The highest BCUT2D eigenvalue weighted by molar-refractivity contribution is 5.91. The van der Waals surface area contributed by atoms with Gasteiger partial charge in [0, 0.05) is 18.7 Å². The van der Waals surface area contributed by atoms with Gasteiger partial charge in [0.25, 0.3) is 0 Å². The summed E-state index contributed by atoms with van der Waals surface area (Å²) in [7, 11) is 0. The van der Waals surface area contributed by atoms with Crippen molar-refractivity contribution >= 4 is 24.0 Å². The van der Waals surface area contributed by atoms with E-state index in [-0.39, 0.29) is 18.3 Å². The van der Waals surface area contributed by atoms with E-state index in [4.69, 9.17) is 0 Å². The van der Waals surface area contributed by atoms with Crippen molar-refractivity contribution in [2.24, 2.45) is 0 Å². The first-order valence-electron chi connectivity index (χ1n) is 8.45. The van der Waals surface area contributed by atoms with Crippen molar-refractivity contribution in [3.8, 4) is 0 Å². The van der Waals surface area contributed by atoms with Crippen LogP contribution in [0.1, 0.15) is 49.7 Å². The Balaban J connectivity index is 0.00000176. The van der Waals surface area contributed by atoms with Crippen LogP contribution in [0.2, 0.25) is 0 Å². The maximum atomic E-state index is 12.1. The lowest BCUT2D eigenvalue weighted by atomic mass is 10.1. The molecule has 3 rings (SSSR count). The van der Waals surface area contributed by atoms with Gasteiger partial charge in [0.15, 0.2) is 0 Å². The van der Waals surface area contributed by atoms with Gasteiger partial charge in [-0.25, -0.2) is 0 Å². The number of nitrogens with zero attached hydrogens (tertiary/aromatic N) is 1. The molecule has 4 heteroatoms. The van der Waals surface area contributed by atoms with Gasteiger partial charge in [-0.15, -0.1) is 12.4 Å². The molecule has 3 nitrogen and oxygen atoms in total. The quantitative estimate of drug-likeness (QED) is 0.914. The number of benzene rings is 1. The fourth-order valence-electron chi connectivity index (χ4n) is 3.49. The van der Waals surface area contributed by atoms with Crippen LogP contribution in [0.15, 0.2) is 18.2 Å². The van der Waals surface area contributed by atoms with Crippen LogP contribution >= 0.6 is 12.4 Å². The zero-order valence-corrected chi connectivity index (χ0v) is 14.1. The van der Waals surface area contributed by atoms with Crippen molar-refractivity contribution < 1.29 is 4.79 Å². The van der Waals surface area contributed by atoms with Gasteiger partial charge in [-0.05, 0) is 68.5 Å². The van der Waals surface area contributed by atoms with E-state index < -0.39 is 0 Å². The molecule has 1 aromatic rings. The smallest absolute Gasteiger partial charge is 0.225 e. The highest BCUT2D eigenvalue weighted by atomic mass is 35.5. The molecule has 0 radical (unpaired) electrons. The highest BCUT2D eigenvalue weighted by Crippen LogP contribution is 2.24. The predicted molar refractivity (Wildman–Crippen MR) is 93.9 cm³/mol. The molecule has 0 saturated carbocycles. The maximum absolute atomic E-state index is 12.1. The number of hydrogen-bond donors (Lipinski definition) is 1. The Labute approximate surface area is 139 Å². The summed E-state index contributed by atoms with van der Waals surface area (Å²) in [6, 6.07) is 6.38. The highest BCUT2D eigenvalue weighted by Gasteiger charge is 2.13. The van der Waals surface area contributed by atoms with Crippen molar-refractivity contribution in [2.75, 3.05) is 25.0 Å². The van der Waals surface area contributed by atoms with E-state index in [0.29, 0.717) is 6.42 Å². The molecule has 122 valence electrons. The Bertz CT molecular complexity index is 496. The normalized spacial score (nSPS) is 18.2. The van der Waals surface area contributed by atoms with Crippen LogP contribution < -0.4 is 5.32 Å². The molecule has 1 aliphatic carbocycles. The van der Waals surface area contributed by atoms with Crippen LogP contribution in [-0.2, 0) is 17.6 Å². The summed E-state index contributed by atoms with van der Waals surface area (Å²) in [5, 5.41) is 3.06. The first-order chi connectivity index (χ1) is 10.3. The van der Waals surface area contributed by atoms with E-state index >= 15 is 0 Å². The van der Waals surface area contributed by atoms with E-state index in [1.807, 2.05) is 6.07 Å². The number of nitrogens with one attached hydrogen (secondary N) is 1. The first kappa shape index (κ1) is 17.3. The number of aryl methyl sites for hydroxylation is 2. The number of rotatable bonds is 4. The number of halogens is 1. The van der Waals surface area contributed by atoms with Gasteiger partial charge < -0.3 is 10.2 Å². The Morgan fingerprint density at radius 2 is 1.73 bits per heavy atom. The third-order valence-corrected chi connectivity index (χ3v) is 4.74. The van der Waals surface area contributed by atoms with Gasteiger partial charge >= 0.3 is 0 Å². The summed E-state index contributed by atoms with van der Waals surface area (Å²) in [5.41, 5.74) is 3.84. The Morgan fingerprint density at radius 3 is 2.50 bits per heavy atom. The van der Waals surface area contributed by atoms with E-state index in [1.54, 1.807) is 0 Å². The van der Waals surface area contributed by atoms with Crippen LogP contribution in [-0.4, -0.2) is 30.4 Å². The Hall–Kier alpha value is -1.06. The lowest BCUT2D eigenvalue weighted by molar-refractivity contribution is -0.116. The SMILES string of the molecule is Cl.O=C(CCN1CCCCCC1)Nc1ccc2c(c1)CCC2. The fourth-order valence-corrected chi connectivity index (χ4v) is 3.49. The maximum Gasteiger partial charge on any atom is 0.225 e. The molecule has 0 aromatic heterocycles. The van der Waals surface area contributed by atoms with Crippen molar-refractivity contribution in [2.45, 2.75) is 51.4 Å². The average Bonchev–Trinajstić information content (AvgIpc) is 2.79. The number of hydrogen-bond acceptors (Lipinski definition) is 2. The zero-order chi connectivity index (χ0) is 14.5. The Morgan fingerprint density at radius 1 is 1.00 bits per heavy atom. The Kier molecular flexibility index (Phi) is 6.71. The molecule has 1 saturated heterocycles. The molecule has 0 bridgehead atoms.